The highest BCUT2D eigenvalue weighted by atomic mass is 16.7. The number of esters is 1. The molecule has 0 aromatic heterocycles. The van der Waals surface area contributed by atoms with Gasteiger partial charge in [-0.1, -0.05) is 423 Å². The zero-order chi connectivity index (χ0) is 70.8. The molecule has 7 atom stereocenters. The van der Waals surface area contributed by atoms with Crippen LogP contribution in [0.1, 0.15) is 457 Å². The SMILES string of the molecule is CCCCCCCC/C=C/CC/C=C/C(O)C(COC1OC(CO)C(O)C(O)C1O)NC(=O)CCCCCCCCCCCCCCCCCCCCCCCCCCCCCCCCCCCCCCCCCOC(=O)CCCCCCCCCCCCCCCCCCCCC. The first-order valence-electron chi connectivity index (χ1n) is 43.6. The Bertz CT molecular complexity index is 1680. The van der Waals surface area contributed by atoms with Gasteiger partial charge in [0.2, 0.25) is 5.91 Å². The van der Waals surface area contributed by atoms with Crippen molar-refractivity contribution in [1.29, 1.82) is 0 Å². The summed E-state index contributed by atoms with van der Waals surface area (Å²) in [6.45, 7) is 4.39. The van der Waals surface area contributed by atoms with Gasteiger partial charge in [-0.15, -0.1) is 0 Å². The number of hydrogen-bond acceptors (Lipinski definition) is 10. The molecule has 1 heterocycles. The molecule has 0 aromatic rings. The second kappa shape index (κ2) is 76.3. The van der Waals surface area contributed by atoms with Crippen LogP contribution in [0, 0.1) is 0 Å². The summed E-state index contributed by atoms with van der Waals surface area (Å²) in [5.41, 5.74) is 0. The van der Waals surface area contributed by atoms with Gasteiger partial charge in [0.1, 0.15) is 24.4 Å². The molecule has 7 unspecified atom stereocenters. The minimum atomic E-state index is -1.57. The quantitative estimate of drug-likeness (QED) is 0.0195. The van der Waals surface area contributed by atoms with Crippen molar-refractivity contribution < 1.29 is 49.3 Å². The Hall–Kier alpha value is -1.86. The van der Waals surface area contributed by atoms with Gasteiger partial charge < -0.3 is 45.1 Å². The summed E-state index contributed by atoms with van der Waals surface area (Å²) in [5.74, 6) is -0.160. The lowest BCUT2D eigenvalue weighted by atomic mass is 9.99. The molecule has 6 N–H and O–H groups in total. The molecule has 1 fully saturated rings. The third-order valence-electron chi connectivity index (χ3n) is 21.1. The number of nitrogens with one attached hydrogen (secondary N) is 1. The van der Waals surface area contributed by atoms with Crippen LogP contribution in [0.5, 0.6) is 0 Å². The number of rotatable bonds is 79. The number of hydrogen-bond donors (Lipinski definition) is 6. The number of amides is 1. The number of aliphatic hydroxyl groups excluding tert-OH is 5. The lowest BCUT2D eigenvalue weighted by Crippen LogP contribution is -2.60. The van der Waals surface area contributed by atoms with Gasteiger partial charge in [0, 0.05) is 12.8 Å². The maximum absolute atomic E-state index is 13.1. The van der Waals surface area contributed by atoms with E-state index in [9.17, 15) is 35.1 Å². The number of unbranched alkanes of at least 4 members (excludes halogenated alkanes) is 63. The fraction of sp³-hybridized carbons (Fsp3) is 0.931. The molecule has 0 aromatic carbocycles. The van der Waals surface area contributed by atoms with Crippen LogP contribution in [0.15, 0.2) is 24.3 Å². The molecule has 11 heteroatoms. The summed E-state index contributed by atoms with van der Waals surface area (Å²) < 4.78 is 16.8. The van der Waals surface area contributed by atoms with Crippen LogP contribution in [-0.2, 0) is 23.8 Å². The molecule has 0 spiro atoms. The molecule has 1 saturated heterocycles. The van der Waals surface area contributed by atoms with Gasteiger partial charge >= 0.3 is 5.97 Å². The normalized spacial score (nSPS) is 17.2. The molecule has 580 valence electrons. The zero-order valence-electron chi connectivity index (χ0n) is 65.0. The Morgan fingerprint density at radius 2 is 0.663 bits per heavy atom. The van der Waals surface area contributed by atoms with Crippen molar-refractivity contribution in [3.63, 3.8) is 0 Å². The smallest absolute Gasteiger partial charge is 0.305 e. The monoisotopic (exact) mass is 1390 g/mol. The van der Waals surface area contributed by atoms with E-state index in [4.69, 9.17) is 14.2 Å². The van der Waals surface area contributed by atoms with Gasteiger partial charge in [-0.2, -0.15) is 0 Å². The van der Waals surface area contributed by atoms with Crippen LogP contribution >= 0.6 is 0 Å². The standard InChI is InChI=1S/C87H167NO10/c1-3-5-7-9-11-13-15-17-18-19-41-45-48-51-55-59-63-67-71-75-83(92)96-76-72-68-64-60-56-52-49-46-43-40-38-36-34-32-30-28-26-24-22-20-21-23-25-27-29-31-33-35-37-39-42-44-47-50-54-58-62-66-70-74-82(91)88-79(78-97-87-86(95)85(94)84(93)81(77-89)98-87)80(90)73-69-65-61-57-53-16-14-12-10-8-6-4-2/h53,57,69,73,79-81,84-87,89-90,93-95H,3-52,54-56,58-68,70-72,74-78H2,1-2H3,(H,88,91)/b57-53+,73-69+. The predicted octanol–water partition coefficient (Wildman–Crippen LogP) is 24.3. The first-order valence-corrected chi connectivity index (χ1v) is 43.6. The van der Waals surface area contributed by atoms with E-state index in [1.807, 2.05) is 6.08 Å². The van der Waals surface area contributed by atoms with E-state index >= 15 is 0 Å². The maximum Gasteiger partial charge on any atom is 0.305 e. The van der Waals surface area contributed by atoms with Crippen molar-refractivity contribution in [2.75, 3.05) is 19.8 Å². The number of allylic oxidation sites excluding steroid dienone is 3. The lowest BCUT2D eigenvalue weighted by Gasteiger charge is -2.40. The number of ether oxygens (including phenoxy) is 3. The van der Waals surface area contributed by atoms with Crippen LogP contribution in [0.2, 0.25) is 0 Å². The van der Waals surface area contributed by atoms with Gasteiger partial charge in [0.05, 0.1) is 32.0 Å². The van der Waals surface area contributed by atoms with Crippen molar-refractivity contribution in [3.8, 4) is 0 Å². The van der Waals surface area contributed by atoms with Crippen LogP contribution in [-0.4, -0.2) is 100 Å². The number of carbonyl (C=O) groups excluding carboxylic acids is 2. The molecule has 1 rings (SSSR count). The molecule has 0 radical (unpaired) electrons. The van der Waals surface area contributed by atoms with Crippen molar-refractivity contribution in [3.05, 3.63) is 24.3 Å². The van der Waals surface area contributed by atoms with Gasteiger partial charge in [0.25, 0.3) is 0 Å². The molecular weight excluding hydrogens is 1220 g/mol. The highest BCUT2D eigenvalue weighted by Gasteiger charge is 2.44. The predicted molar refractivity (Wildman–Crippen MR) is 417 cm³/mol. The Labute approximate surface area is 607 Å². The van der Waals surface area contributed by atoms with Crippen molar-refractivity contribution in [2.24, 2.45) is 0 Å². The zero-order valence-corrected chi connectivity index (χ0v) is 65.0. The van der Waals surface area contributed by atoms with E-state index < -0.39 is 49.5 Å². The highest BCUT2D eigenvalue weighted by Crippen LogP contribution is 2.24. The number of aliphatic hydroxyl groups is 5. The van der Waals surface area contributed by atoms with Gasteiger partial charge in [-0.3, -0.25) is 9.59 Å². The topological polar surface area (TPSA) is 175 Å². The fourth-order valence-corrected chi connectivity index (χ4v) is 14.3. The molecule has 98 heavy (non-hydrogen) atoms. The Morgan fingerprint density at radius 3 is 1.01 bits per heavy atom. The Morgan fingerprint density at radius 1 is 0.367 bits per heavy atom. The summed E-state index contributed by atoms with van der Waals surface area (Å²) in [7, 11) is 0. The largest absolute Gasteiger partial charge is 0.466 e. The Kier molecular flexibility index (Phi) is 73.3. The van der Waals surface area contributed by atoms with Gasteiger partial charge in [-0.05, 0) is 44.9 Å². The third-order valence-corrected chi connectivity index (χ3v) is 21.1. The second-order valence-corrected chi connectivity index (χ2v) is 30.6. The summed E-state index contributed by atoms with van der Waals surface area (Å²) in [5, 5.41) is 54.5. The molecular formula is C87H167NO10. The molecule has 1 aliphatic rings. The fourth-order valence-electron chi connectivity index (χ4n) is 14.3. The van der Waals surface area contributed by atoms with Gasteiger partial charge in [-0.25, -0.2) is 0 Å². The molecule has 0 bridgehead atoms. The summed E-state index contributed by atoms with van der Waals surface area (Å²) in [4.78, 5) is 25.2. The van der Waals surface area contributed by atoms with E-state index in [2.05, 4.69) is 31.3 Å². The summed E-state index contributed by atoms with van der Waals surface area (Å²) >= 11 is 0. The number of carbonyl (C=O) groups is 2. The van der Waals surface area contributed by atoms with Crippen LogP contribution < -0.4 is 5.32 Å². The van der Waals surface area contributed by atoms with Gasteiger partial charge in [0.15, 0.2) is 6.29 Å². The van der Waals surface area contributed by atoms with E-state index in [0.717, 1.165) is 51.4 Å². The van der Waals surface area contributed by atoms with E-state index in [1.54, 1.807) is 6.08 Å². The molecule has 1 amide bonds. The average molecular weight is 1390 g/mol. The summed E-state index contributed by atoms with van der Waals surface area (Å²) in [6.07, 6.45) is 89.7. The van der Waals surface area contributed by atoms with E-state index in [-0.39, 0.29) is 18.5 Å². The molecule has 11 nitrogen and oxygen atoms in total. The maximum atomic E-state index is 13.1. The third kappa shape index (κ3) is 63.8. The van der Waals surface area contributed by atoms with Crippen molar-refractivity contribution in [2.45, 2.75) is 500 Å². The van der Waals surface area contributed by atoms with Crippen LogP contribution in [0.4, 0.5) is 0 Å². The first-order chi connectivity index (χ1) is 48.2. The van der Waals surface area contributed by atoms with Crippen molar-refractivity contribution in [1.82, 2.24) is 5.32 Å². The molecule has 0 aliphatic carbocycles. The molecule has 0 saturated carbocycles. The summed E-state index contributed by atoms with van der Waals surface area (Å²) in [6, 6.07) is -0.822. The minimum absolute atomic E-state index is 0.0242. The average Bonchev–Trinajstić information content (AvgIpc) is 0.824. The highest BCUT2D eigenvalue weighted by molar-refractivity contribution is 5.76. The first kappa shape index (κ1) is 94.2. The van der Waals surface area contributed by atoms with Crippen LogP contribution in [0.25, 0.3) is 0 Å². The molecule has 1 aliphatic heterocycles. The van der Waals surface area contributed by atoms with E-state index in [1.165, 1.54) is 379 Å². The lowest BCUT2D eigenvalue weighted by molar-refractivity contribution is -0.302. The van der Waals surface area contributed by atoms with E-state index in [0.29, 0.717) is 19.4 Å². The van der Waals surface area contributed by atoms with Crippen LogP contribution in [0.3, 0.4) is 0 Å². The second-order valence-electron chi connectivity index (χ2n) is 30.6. The van der Waals surface area contributed by atoms with Crippen molar-refractivity contribution >= 4 is 11.9 Å². The minimum Gasteiger partial charge on any atom is -0.466 e. The Balaban J connectivity index is 1.83.